The molecule has 0 bridgehead atoms. The fourth-order valence-electron chi connectivity index (χ4n) is 1.88. The van der Waals surface area contributed by atoms with Crippen molar-refractivity contribution >= 4 is 0 Å². The summed E-state index contributed by atoms with van der Waals surface area (Å²) in [7, 11) is 0. The van der Waals surface area contributed by atoms with Crippen molar-refractivity contribution < 1.29 is 9.84 Å². The second kappa shape index (κ2) is 5.69. The average Bonchev–Trinajstić information content (AvgIpc) is 2.41. The molecule has 2 nitrogen and oxygen atoms in total. The van der Waals surface area contributed by atoms with Gasteiger partial charge >= 0.3 is 0 Å². The first-order valence-electron chi connectivity index (χ1n) is 6.08. The standard InChI is InChI=1S/C16H18O2/c1-12-8-15(10-17)9-16(13(12)2)18-11-14-6-4-3-5-7-14/h3-9,17H,10-11H2,1-2H3. The second-order valence-corrected chi connectivity index (χ2v) is 4.47. The zero-order valence-electron chi connectivity index (χ0n) is 10.8. The Kier molecular flexibility index (Phi) is 4.00. The summed E-state index contributed by atoms with van der Waals surface area (Å²) in [5.74, 6) is 0.850. The minimum atomic E-state index is 0.0445. The molecule has 0 aliphatic rings. The topological polar surface area (TPSA) is 29.5 Å². The smallest absolute Gasteiger partial charge is 0.123 e. The number of rotatable bonds is 4. The molecule has 2 aromatic carbocycles. The third-order valence-electron chi connectivity index (χ3n) is 3.10. The zero-order valence-corrected chi connectivity index (χ0v) is 10.8. The highest BCUT2D eigenvalue weighted by molar-refractivity contribution is 5.42. The monoisotopic (exact) mass is 242 g/mol. The maximum atomic E-state index is 9.21. The molecule has 0 saturated carbocycles. The van der Waals surface area contributed by atoms with E-state index in [1.54, 1.807) is 0 Å². The molecule has 0 aromatic heterocycles. The third-order valence-corrected chi connectivity index (χ3v) is 3.10. The summed E-state index contributed by atoms with van der Waals surface area (Å²) in [6.07, 6.45) is 0. The van der Waals surface area contributed by atoms with Crippen LogP contribution in [0.5, 0.6) is 5.75 Å². The van der Waals surface area contributed by atoms with Gasteiger partial charge in [-0.1, -0.05) is 36.4 Å². The molecule has 2 rings (SSSR count). The largest absolute Gasteiger partial charge is 0.489 e. The van der Waals surface area contributed by atoms with Crippen LogP contribution in [0.4, 0.5) is 0 Å². The van der Waals surface area contributed by atoms with Crippen LogP contribution >= 0.6 is 0 Å². The molecule has 0 spiro atoms. The van der Waals surface area contributed by atoms with Gasteiger partial charge in [-0.15, -0.1) is 0 Å². The Bertz CT molecular complexity index is 518. The van der Waals surface area contributed by atoms with E-state index in [1.165, 1.54) is 0 Å². The molecule has 0 radical (unpaired) electrons. The van der Waals surface area contributed by atoms with Gasteiger partial charge < -0.3 is 9.84 Å². The van der Waals surface area contributed by atoms with Crippen LogP contribution in [0.25, 0.3) is 0 Å². The molecule has 0 unspecified atom stereocenters. The minimum absolute atomic E-state index is 0.0445. The van der Waals surface area contributed by atoms with Gasteiger partial charge in [0.25, 0.3) is 0 Å². The van der Waals surface area contributed by atoms with Gasteiger partial charge in [0, 0.05) is 0 Å². The lowest BCUT2D eigenvalue weighted by atomic mass is 10.1. The molecule has 0 fully saturated rings. The Balaban J connectivity index is 2.16. The number of hydrogen-bond donors (Lipinski definition) is 1. The molecular weight excluding hydrogens is 224 g/mol. The summed E-state index contributed by atoms with van der Waals surface area (Å²) >= 11 is 0. The Morgan fingerprint density at radius 1 is 1.00 bits per heavy atom. The molecule has 2 aromatic rings. The Hall–Kier alpha value is -1.80. The van der Waals surface area contributed by atoms with E-state index >= 15 is 0 Å². The summed E-state index contributed by atoms with van der Waals surface area (Å²) in [5.41, 5.74) is 4.30. The molecule has 0 aliphatic heterocycles. The van der Waals surface area contributed by atoms with Crippen LogP contribution in [0.1, 0.15) is 22.3 Å². The van der Waals surface area contributed by atoms with E-state index in [0.717, 1.165) is 28.0 Å². The zero-order chi connectivity index (χ0) is 13.0. The molecule has 0 aliphatic carbocycles. The quantitative estimate of drug-likeness (QED) is 0.890. The number of aliphatic hydroxyl groups excluding tert-OH is 1. The van der Waals surface area contributed by atoms with Crippen LogP contribution in [-0.2, 0) is 13.2 Å². The average molecular weight is 242 g/mol. The van der Waals surface area contributed by atoms with Crippen molar-refractivity contribution in [3.05, 3.63) is 64.7 Å². The maximum Gasteiger partial charge on any atom is 0.123 e. The summed E-state index contributed by atoms with van der Waals surface area (Å²) in [6.45, 7) is 4.67. The fourth-order valence-corrected chi connectivity index (χ4v) is 1.88. The normalized spacial score (nSPS) is 10.4. The van der Waals surface area contributed by atoms with Crippen LogP contribution in [0.2, 0.25) is 0 Å². The lowest BCUT2D eigenvalue weighted by molar-refractivity contribution is 0.277. The number of benzene rings is 2. The molecule has 0 amide bonds. The maximum absolute atomic E-state index is 9.21. The Morgan fingerprint density at radius 2 is 1.72 bits per heavy atom. The predicted molar refractivity (Wildman–Crippen MR) is 72.6 cm³/mol. The molecule has 1 N–H and O–H groups in total. The van der Waals surface area contributed by atoms with Crippen LogP contribution in [0.15, 0.2) is 42.5 Å². The first-order chi connectivity index (χ1) is 8.70. The van der Waals surface area contributed by atoms with Gasteiger partial charge in [0.15, 0.2) is 0 Å². The predicted octanol–water partition coefficient (Wildman–Crippen LogP) is 3.37. The molecule has 2 heteroatoms. The number of ether oxygens (including phenoxy) is 1. The highest BCUT2D eigenvalue weighted by Gasteiger charge is 2.05. The second-order valence-electron chi connectivity index (χ2n) is 4.47. The SMILES string of the molecule is Cc1cc(CO)cc(OCc2ccccc2)c1C. The highest BCUT2D eigenvalue weighted by Crippen LogP contribution is 2.24. The van der Waals surface area contributed by atoms with Crippen molar-refractivity contribution in [1.29, 1.82) is 0 Å². The molecule has 0 atom stereocenters. The van der Waals surface area contributed by atoms with Crippen molar-refractivity contribution in [3.63, 3.8) is 0 Å². The Morgan fingerprint density at radius 3 is 2.39 bits per heavy atom. The van der Waals surface area contributed by atoms with Crippen LogP contribution < -0.4 is 4.74 Å². The van der Waals surface area contributed by atoms with Crippen LogP contribution in [-0.4, -0.2) is 5.11 Å². The van der Waals surface area contributed by atoms with Gasteiger partial charge in [0.1, 0.15) is 12.4 Å². The third kappa shape index (κ3) is 2.90. The molecule has 0 heterocycles. The van der Waals surface area contributed by atoms with Crippen molar-refractivity contribution in [2.75, 3.05) is 0 Å². The van der Waals surface area contributed by atoms with Crippen LogP contribution in [0.3, 0.4) is 0 Å². The summed E-state index contributed by atoms with van der Waals surface area (Å²) < 4.78 is 5.84. The molecule has 18 heavy (non-hydrogen) atoms. The van der Waals surface area contributed by atoms with Crippen molar-refractivity contribution in [3.8, 4) is 5.75 Å². The van der Waals surface area contributed by atoms with Crippen molar-refractivity contribution in [1.82, 2.24) is 0 Å². The molecule has 0 saturated heterocycles. The number of aryl methyl sites for hydroxylation is 1. The van der Waals surface area contributed by atoms with Gasteiger partial charge in [0.05, 0.1) is 6.61 Å². The summed E-state index contributed by atoms with van der Waals surface area (Å²) in [4.78, 5) is 0. The van der Waals surface area contributed by atoms with E-state index in [1.807, 2.05) is 56.3 Å². The van der Waals surface area contributed by atoms with E-state index in [2.05, 4.69) is 0 Å². The van der Waals surface area contributed by atoms with E-state index in [4.69, 9.17) is 4.74 Å². The lowest BCUT2D eigenvalue weighted by Gasteiger charge is -2.13. The first-order valence-corrected chi connectivity index (χ1v) is 6.08. The van der Waals surface area contributed by atoms with Gasteiger partial charge in [-0.05, 0) is 42.2 Å². The lowest BCUT2D eigenvalue weighted by Crippen LogP contribution is -1.99. The van der Waals surface area contributed by atoms with Gasteiger partial charge in [-0.25, -0.2) is 0 Å². The van der Waals surface area contributed by atoms with Crippen molar-refractivity contribution in [2.45, 2.75) is 27.1 Å². The number of hydrogen-bond acceptors (Lipinski definition) is 2. The summed E-state index contributed by atoms with van der Waals surface area (Å²) in [6, 6.07) is 14.0. The first kappa shape index (κ1) is 12.7. The van der Waals surface area contributed by atoms with E-state index in [9.17, 15) is 5.11 Å². The van der Waals surface area contributed by atoms with E-state index in [0.29, 0.717) is 6.61 Å². The minimum Gasteiger partial charge on any atom is -0.489 e. The Labute approximate surface area is 108 Å². The van der Waals surface area contributed by atoms with Gasteiger partial charge in [0.2, 0.25) is 0 Å². The molecular formula is C16H18O2. The fraction of sp³-hybridized carbons (Fsp3) is 0.250. The summed E-state index contributed by atoms with van der Waals surface area (Å²) in [5, 5.41) is 9.21. The van der Waals surface area contributed by atoms with E-state index in [-0.39, 0.29) is 6.61 Å². The van der Waals surface area contributed by atoms with Gasteiger partial charge in [-0.3, -0.25) is 0 Å². The number of aliphatic hydroxyl groups is 1. The van der Waals surface area contributed by atoms with Gasteiger partial charge in [-0.2, -0.15) is 0 Å². The molecule has 94 valence electrons. The van der Waals surface area contributed by atoms with Crippen LogP contribution in [0, 0.1) is 13.8 Å². The highest BCUT2D eigenvalue weighted by atomic mass is 16.5. The van der Waals surface area contributed by atoms with E-state index < -0.39 is 0 Å². The van der Waals surface area contributed by atoms with Crippen molar-refractivity contribution in [2.24, 2.45) is 0 Å².